The lowest BCUT2D eigenvalue weighted by Crippen LogP contribution is -2.16. The maximum absolute atomic E-state index is 12.7. The third-order valence-corrected chi connectivity index (χ3v) is 7.12. The van der Waals surface area contributed by atoms with Crippen molar-refractivity contribution < 1.29 is 19.1 Å². The van der Waals surface area contributed by atoms with Gasteiger partial charge in [0.05, 0.1) is 12.9 Å². The van der Waals surface area contributed by atoms with Gasteiger partial charge >= 0.3 is 5.97 Å². The van der Waals surface area contributed by atoms with Crippen LogP contribution in [0.25, 0.3) is 11.1 Å². The summed E-state index contributed by atoms with van der Waals surface area (Å²) in [6.07, 6.45) is 0. The van der Waals surface area contributed by atoms with Crippen molar-refractivity contribution in [2.24, 2.45) is 7.05 Å². The molecule has 2 aromatic heterocycles. The largest absolute Gasteiger partial charge is 0.486 e. The number of thiophene rings is 1. The molecular formula is C24H21ClN4O4S2. The van der Waals surface area contributed by atoms with E-state index in [-0.39, 0.29) is 18.3 Å². The van der Waals surface area contributed by atoms with E-state index in [1.165, 1.54) is 30.2 Å². The van der Waals surface area contributed by atoms with E-state index in [0.717, 1.165) is 11.3 Å². The molecule has 0 unspecified atom stereocenters. The number of rotatable bonds is 9. The molecule has 180 valence electrons. The van der Waals surface area contributed by atoms with Crippen LogP contribution in [0.15, 0.2) is 65.1 Å². The number of methoxy groups -OCH3 is 1. The lowest BCUT2D eigenvalue weighted by atomic mass is 10.0. The molecule has 0 aliphatic carbocycles. The van der Waals surface area contributed by atoms with Gasteiger partial charge in [-0.25, -0.2) is 4.79 Å². The third-order valence-electron chi connectivity index (χ3n) is 4.96. The zero-order valence-electron chi connectivity index (χ0n) is 18.9. The fourth-order valence-electron chi connectivity index (χ4n) is 3.15. The molecule has 0 aliphatic heterocycles. The number of hydrogen-bond donors (Lipinski definition) is 1. The molecule has 0 saturated carbocycles. The van der Waals surface area contributed by atoms with Gasteiger partial charge in [0, 0.05) is 23.0 Å². The van der Waals surface area contributed by atoms with Gasteiger partial charge in [-0.1, -0.05) is 53.7 Å². The number of nitrogens with one attached hydrogen (secondary N) is 1. The van der Waals surface area contributed by atoms with E-state index in [0.29, 0.717) is 32.1 Å². The number of benzene rings is 2. The van der Waals surface area contributed by atoms with E-state index in [1.807, 2.05) is 49.5 Å². The number of hydrogen-bond acceptors (Lipinski definition) is 8. The number of aromatic nitrogens is 3. The lowest BCUT2D eigenvalue weighted by molar-refractivity contribution is -0.113. The van der Waals surface area contributed by atoms with Crippen molar-refractivity contribution in [3.05, 3.63) is 76.4 Å². The van der Waals surface area contributed by atoms with E-state index in [2.05, 4.69) is 15.5 Å². The van der Waals surface area contributed by atoms with E-state index >= 15 is 0 Å². The first-order valence-electron chi connectivity index (χ1n) is 10.4. The van der Waals surface area contributed by atoms with Gasteiger partial charge in [-0.2, -0.15) is 0 Å². The molecule has 4 aromatic rings. The Bertz CT molecular complexity index is 1320. The molecular weight excluding hydrogens is 508 g/mol. The monoisotopic (exact) mass is 528 g/mol. The first-order chi connectivity index (χ1) is 17.0. The number of carbonyl (C=O) groups excluding carboxylic acids is 2. The molecule has 2 aromatic carbocycles. The van der Waals surface area contributed by atoms with Crippen LogP contribution in [0.1, 0.15) is 16.2 Å². The van der Waals surface area contributed by atoms with Gasteiger partial charge < -0.3 is 19.4 Å². The summed E-state index contributed by atoms with van der Waals surface area (Å²) in [5.74, 6) is 0.639. The van der Waals surface area contributed by atoms with Crippen molar-refractivity contribution in [3.8, 4) is 16.9 Å². The van der Waals surface area contributed by atoms with Crippen LogP contribution in [0.3, 0.4) is 0 Å². The second kappa shape index (κ2) is 11.4. The molecule has 35 heavy (non-hydrogen) atoms. The number of amides is 1. The average Bonchev–Trinajstić information content (AvgIpc) is 3.45. The minimum absolute atomic E-state index is 0.0836. The Kier molecular flexibility index (Phi) is 8.06. The second-order valence-electron chi connectivity index (χ2n) is 7.25. The molecule has 0 spiro atoms. The van der Waals surface area contributed by atoms with Gasteiger partial charge in [0.1, 0.15) is 22.9 Å². The molecule has 0 aliphatic rings. The van der Waals surface area contributed by atoms with Crippen LogP contribution in [-0.4, -0.2) is 39.5 Å². The Hall–Kier alpha value is -3.34. The average molecular weight is 529 g/mol. The standard InChI is InChI=1S/C24H21ClN4O4S2/c1-29-19(12-33-17-6-4-3-5-7-17)27-28-24(29)35-14-20(30)26-22-21(23(31)32-2)18(13-34-22)15-8-10-16(25)11-9-15/h3-11,13H,12,14H2,1-2H3,(H,26,30). The highest BCUT2D eigenvalue weighted by atomic mass is 35.5. The molecule has 8 nitrogen and oxygen atoms in total. The quantitative estimate of drug-likeness (QED) is 0.233. The minimum Gasteiger partial charge on any atom is -0.486 e. The van der Waals surface area contributed by atoms with Gasteiger partial charge in [0.15, 0.2) is 11.0 Å². The summed E-state index contributed by atoms with van der Waals surface area (Å²) in [6, 6.07) is 16.5. The topological polar surface area (TPSA) is 95.3 Å². The van der Waals surface area contributed by atoms with E-state index < -0.39 is 5.97 Å². The van der Waals surface area contributed by atoms with Crippen LogP contribution in [0, 0.1) is 0 Å². The van der Waals surface area contributed by atoms with Gasteiger partial charge in [-0.15, -0.1) is 21.5 Å². The molecule has 0 atom stereocenters. The first kappa shape index (κ1) is 24.8. The van der Waals surface area contributed by atoms with Crippen LogP contribution >= 0.6 is 34.7 Å². The highest BCUT2D eigenvalue weighted by Gasteiger charge is 2.22. The van der Waals surface area contributed by atoms with Crippen molar-refractivity contribution in [2.45, 2.75) is 11.8 Å². The van der Waals surface area contributed by atoms with Crippen molar-refractivity contribution in [3.63, 3.8) is 0 Å². The summed E-state index contributed by atoms with van der Waals surface area (Å²) in [7, 11) is 3.12. The van der Waals surface area contributed by atoms with Crippen molar-refractivity contribution in [1.29, 1.82) is 0 Å². The third kappa shape index (κ3) is 6.02. The fourth-order valence-corrected chi connectivity index (χ4v) is 4.98. The van der Waals surface area contributed by atoms with Gasteiger partial charge in [-0.3, -0.25) is 4.79 Å². The molecule has 1 amide bonds. The fraction of sp³-hybridized carbons (Fsp3) is 0.167. The molecule has 0 saturated heterocycles. The predicted molar refractivity (Wildman–Crippen MR) is 137 cm³/mol. The van der Waals surface area contributed by atoms with Gasteiger partial charge in [-0.05, 0) is 29.8 Å². The number of para-hydroxylation sites is 1. The van der Waals surface area contributed by atoms with E-state index in [1.54, 1.807) is 22.1 Å². The number of carbonyl (C=O) groups is 2. The lowest BCUT2D eigenvalue weighted by Gasteiger charge is -2.08. The number of nitrogens with zero attached hydrogens (tertiary/aromatic N) is 3. The summed E-state index contributed by atoms with van der Waals surface area (Å²) in [5, 5.41) is 14.5. The Morgan fingerprint density at radius 2 is 1.86 bits per heavy atom. The highest BCUT2D eigenvalue weighted by molar-refractivity contribution is 7.99. The molecule has 11 heteroatoms. The number of anilines is 1. The van der Waals surface area contributed by atoms with Crippen molar-refractivity contribution in [1.82, 2.24) is 14.8 Å². The van der Waals surface area contributed by atoms with Crippen LogP contribution < -0.4 is 10.1 Å². The summed E-state index contributed by atoms with van der Waals surface area (Å²) in [4.78, 5) is 25.2. The molecule has 0 bridgehead atoms. The van der Waals surface area contributed by atoms with E-state index in [9.17, 15) is 9.59 Å². The maximum Gasteiger partial charge on any atom is 0.341 e. The summed E-state index contributed by atoms with van der Waals surface area (Å²) >= 11 is 8.47. The number of esters is 1. The summed E-state index contributed by atoms with van der Waals surface area (Å²) in [5.41, 5.74) is 1.76. The summed E-state index contributed by atoms with van der Waals surface area (Å²) < 4.78 is 12.5. The smallest absolute Gasteiger partial charge is 0.341 e. The van der Waals surface area contributed by atoms with Crippen LogP contribution in [-0.2, 0) is 23.2 Å². The minimum atomic E-state index is -0.532. The predicted octanol–water partition coefficient (Wildman–Crippen LogP) is 5.29. The van der Waals surface area contributed by atoms with Gasteiger partial charge in [0.25, 0.3) is 0 Å². The Morgan fingerprint density at radius 3 is 2.57 bits per heavy atom. The van der Waals surface area contributed by atoms with Crippen molar-refractivity contribution >= 4 is 51.6 Å². The van der Waals surface area contributed by atoms with Crippen molar-refractivity contribution in [2.75, 3.05) is 18.2 Å². The normalized spacial score (nSPS) is 10.7. The van der Waals surface area contributed by atoms with E-state index in [4.69, 9.17) is 21.1 Å². The number of ether oxygens (including phenoxy) is 2. The zero-order chi connectivity index (χ0) is 24.8. The molecule has 1 N–H and O–H groups in total. The molecule has 0 radical (unpaired) electrons. The summed E-state index contributed by atoms with van der Waals surface area (Å²) in [6.45, 7) is 0.255. The maximum atomic E-state index is 12.7. The Morgan fingerprint density at radius 1 is 1.11 bits per heavy atom. The van der Waals surface area contributed by atoms with Crippen LogP contribution in [0.4, 0.5) is 5.00 Å². The molecule has 0 fully saturated rings. The van der Waals surface area contributed by atoms with Gasteiger partial charge in [0.2, 0.25) is 5.91 Å². The number of halogens is 1. The second-order valence-corrected chi connectivity index (χ2v) is 9.51. The molecule has 2 heterocycles. The molecule has 4 rings (SSSR count). The van der Waals surface area contributed by atoms with Crippen LogP contribution in [0.2, 0.25) is 5.02 Å². The SMILES string of the molecule is COC(=O)c1c(-c2ccc(Cl)cc2)csc1NC(=O)CSc1nnc(COc2ccccc2)n1C. The zero-order valence-corrected chi connectivity index (χ0v) is 21.2. The Balaban J connectivity index is 1.40. The Labute approximate surface area is 215 Å². The first-order valence-corrected chi connectivity index (χ1v) is 12.6. The number of thioether (sulfide) groups is 1. The highest BCUT2D eigenvalue weighted by Crippen LogP contribution is 2.36. The van der Waals surface area contributed by atoms with Crippen LogP contribution in [0.5, 0.6) is 5.75 Å².